The van der Waals surface area contributed by atoms with Crippen LogP contribution >= 0.6 is 11.7 Å². The Morgan fingerprint density at radius 3 is 2.73 bits per heavy atom. The van der Waals surface area contributed by atoms with E-state index in [4.69, 9.17) is 7.85 Å². The van der Waals surface area contributed by atoms with Crippen molar-refractivity contribution in [2.75, 3.05) is 0 Å². The average Bonchev–Trinajstić information content (AvgIpc) is 2.45. The van der Waals surface area contributed by atoms with Gasteiger partial charge >= 0.3 is 0 Å². The molecule has 1 aromatic carbocycles. The van der Waals surface area contributed by atoms with E-state index < -0.39 is 0 Å². The van der Waals surface area contributed by atoms with Crippen molar-refractivity contribution in [1.29, 1.82) is 0 Å². The highest BCUT2D eigenvalue weighted by Crippen LogP contribution is 2.12. The molecule has 0 fully saturated rings. The Balaban J connectivity index is 2.96. The summed E-state index contributed by atoms with van der Waals surface area (Å²) in [5.41, 5.74) is 3.59. The highest BCUT2D eigenvalue weighted by molar-refractivity contribution is 7.00. The lowest BCUT2D eigenvalue weighted by molar-refractivity contribution is 1.49. The highest BCUT2D eigenvalue weighted by Gasteiger charge is 2.02. The van der Waals surface area contributed by atoms with Crippen LogP contribution < -0.4 is 5.46 Å². The van der Waals surface area contributed by atoms with Crippen LogP contribution in [0.1, 0.15) is 5.56 Å². The van der Waals surface area contributed by atoms with Crippen LogP contribution in [0.15, 0.2) is 12.1 Å². The molecular formula is C7H5BN2S. The number of benzene rings is 1. The Morgan fingerprint density at radius 1 is 1.27 bits per heavy atom. The maximum atomic E-state index is 5.67. The molecule has 0 unspecified atom stereocenters. The zero-order chi connectivity index (χ0) is 7.84. The van der Waals surface area contributed by atoms with Gasteiger partial charge in [0, 0.05) is 0 Å². The van der Waals surface area contributed by atoms with Crippen LogP contribution in [-0.2, 0) is 0 Å². The monoisotopic (exact) mass is 160 g/mol. The molecule has 52 valence electrons. The van der Waals surface area contributed by atoms with Crippen LogP contribution in [0.3, 0.4) is 0 Å². The van der Waals surface area contributed by atoms with E-state index >= 15 is 0 Å². The summed E-state index contributed by atoms with van der Waals surface area (Å²) in [6.07, 6.45) is 0. The van der Waals surface area contributed by atoms with Crippen molar-refractivity contribution in [2.45, 2.75) is 6.92 Å². The van der Waals surface area contributed by atoms with E-state index in [1.807, 2.05) is 19.1 Å². The standard InChI is InChI=1S/C7H5BN2S/c1-4-2-3-5(8)7-6(4)9-11-10-7/h2-3H,1H3. The lowest BCUT2D eigenvalue weighted by Crippen LogP contribution is -2.03. The summed E-state index contributed by atoms with van der Waals surface area (Å²) in [5, 5.41) is 0. The Kier molecular flexibility index (Phi) is 1.42. The second-order valence-corrected chi connectivity index (χ2v) is 2.96. The molecule has 4 heteroatoms. The summed E-state index contributed by atoms with van der Waals surface area (Å²) < 4.78 is 8.21. The highest BCUT2D eigenvalue weighted by atomic mass is 32.1. The van der Waals surface area contributed by atoms with Gasteiger partial charge in [-0.05, 0) is 12.5 Å². The molecule has 0 saturated heterocycles. The van der Waals surface area contributed by atoms with Crippen LogP contribution in [0.5, 0.6) is 0 Å². The Morgan fingerprint density at radius 2 is 2.00 bits per heavy atom. The topological polar surface area (TPSA) is 25.8 Å². The molecule has 0 atom stereocenters. The van der Waals surface area contributed by atoms with Gasteiger partial charge in [-0.1, -0.05) is 17.6 Å². The second-order valence-electron chi connectivity index (χ2n) is 2.43. The van der Waals surface area contributed by atoms with Gasteiger partial charge in [-0.25, -0.2) is 0 Å². The molecule has 0 amide bonds. The zero-order valence-electron chi connectivity index (χ0n) is 6.03. The maximum Gasteiger partial charge on any atom is 0.116 e. The van der Waals surface area contributed by atoms with E-state index in [0.717, 1.165) is 16.6 Å². The molecule has 0 bridgehead atoms. The Labute approximate surface area is 70.0 Å². The minimum atomic E-state index is 0.708. The fourth-order valence-corrected chi connectivity index (χ4v) is 1.64. The molecule has 0 spiro atoms. The molecular weight excluding hydrogens is 155 g/mol. The van der Waals surface area contributed by atoms with Crippen molar-refractivity contribution < 1.29 is 0 Å². The number of fused-ring (bicyclic) bond motifs is 1. The second kappa shape index (κ2) is 2.31. The number of hydrogen-bond acceptors (Lipinski definition) is 3. The Bertz CT molecular complexity index is 360. The van der Waals surface area contributed by atoms with E-state index in [1.165, 1.54) is 11.7 Å². The summed E-state index contributed by atoms with van der Waals surface area (Å²) in [6.45, 7) is 2.00. The third kappa shape index (κ3) is 0.941. The first-order chi connectivity index (χ1) is 5.29. The quantitative estimate of drug-likeness (QED) is 0.532. The zero-order valence-corrected chi connectivity index (χ0v) is 6.85. The largest absolute Gasteiger partial charge is 0.174 e. The fourth-order valence-electron chi connectivity index (χ4n) is 1.01. The number of aromatic nitrogens is 2. The van der Waals surface area contributed by atoms with Crippen molar-refractivity contribution in [3.8, 4) is 0 Å². The fraction of sp³-hybridized carbons (Fsp3) is 0.143. The molecule has 0 N–H and O–H groups in total. The number of rotatable bonds is 0. The lowest BCUT2D eigenvalue weighted by Gasteiger charge is -1.95. The van der Waals surface area contributed by atoms with E-state index in [1.54, 1.807) is 0 Å². The van der Waals surface area contributed by atoms with Gasteiger partial charge in [-0.15, -0.1) is 0 Å². The van der Waals surface area contributed by atoms with Crippen molar-refractivity contribution >= 4 is 36.1 Å². The van der Waals surface area contributed by atoms with Crippen LogP contribution in [0.4, 0.5) is 0 Å². The minimum Gasteiger partial charge on any atom is -0.174 e. The van der Waals surface area contributed by atoms with Gasteiger partial charge in [-0.2, -0.15) is 8.75 Å². The predicted octanol–water partition coefficient (Wildman–Crippen LogP) is 0.794. The lowest BCUT2D eigenvalue weighted by atomic mass is 9.93. The van der Waals surface area contributed by atoms with Crippen molar-refractivity contribution in [2.24, 2.45) is 0 Å². The SMILES string of the molecule is [B]c1ccc(C)c2nsnc12. The first-order valence-electron chi connectivity index (χ1n) is 3.26. The van der Waals surface area contributed by atoms with Crippen LogP contribution in [0.2, 0.25) is 0 Å². The number of aryl methyl sites for hydroxylation is 1. The molecule has 0 aliphatic rings. The maximum absolute atomic E-state index is 5.67. The summed E-state index contributed by atoms with van der Waals surface area (Å²) in [7, 11) is 5.67. The van der Waals surface area contributed by atoms with E-state index in [2.05, 4.69) is 8.75 Å². The van der Waals surface area contributed by atoms with Gasteiger partial charge in [0.1, 0.15) is 13.4 Å². The number of nitrogens with zero attached hydrogens (tertiary/aromatic N) is 2. The molecule has 0 saturated carbocycles. The molecule has 0 aliphatic carbocycles. The van der Waals surface area contributed by atoms with Crippen molar-refractivity contribution in [1.82, 2.24) is 8.75 Å². The summed E-state index contributed by atoms with van der Waals surface area (Å²) in [5.74, 6) is 0. The normalized spacial score (nSPS) is 10.6. The third-order valence-electron chi connectivity index (χ3n) is 1.65. The van der Waals surface area contributed by atoms with Gasteiger partial charge in [0.05, 0.1) is 17.2 Å². The summed E-state index contributed by atoms with van der Waals surface area (Å²) in [6, 6.07) is 3.82. The van der Waals surface area contributed by atoms with E-state index in [0.29, 0.717) is 5.46 Å². The van der Waals surface area contributed by atoms with Crippen LogP contribution in [0, 0.1) is 6.92 Å². The van der Waals surface area contributed by atoms with Gasteiger partial charge in [-0.3, -0.25) is 0 Å². The molecule has 2 rings (SSSR count). The molecule has 2 radical (unpaired) electrons. The van der Waals surface area contributed by atoms with E-state index in [-0.39, 0.29) is 0 Å². The van der Waals surface area contributed by atoms with Gasteiger partial charge in [0.15, 0.2) is 0 Å². The summed E-state index contributed by atoms with van der Waals surface area (Å²) in [4.78, 5) is 0. The molecule has 0 aliphatic heterocycles. The smallest absolute Gasteiger partial charge is 0.116 e. The average molecular weight is 160 g/mol. The van der Waals surface area contributed by atoms with Crippen molar-refractivity contribution in [3.63, 3.8) is 0 Å². The molecule has 2 aromatic rings. The summed E-state index contributed by atoms with van der Waals surface area (Å²) >= 11 is 1.20. The van der Waals surface area contributed by atoms with Crippen LogP contribution in [0.25, 0.3) is 11.0 Å². The van der Waals surface area contributed by atoms with Gasteiger partial charge in [0.25, 0.3) is 0 Å². The molecule has 1 aromatic heterocycles. The predicted molar refractivity (Wildman–Crippen MR) is 47.5 cm³/mol. The van der Waals surface area contributed by atoms with Gasteiger partial charge < -0.3 is 0 Å². The molecule has 2 nitrogen and oxygen atoms in total. The molecule has 11 heavy (non-hydrogen) atoms. The first kappa shape index (κ1) is 6.79. The van der Waals surface area contributed by atoms with Crippen LogP contribution in [-0.4, -0.2) is 16.6 Å². The first-order valence-corrected chi connectivity index (χ1v) is 3.99. The van der Waals surface area contributed by atoms with Crippen molar-refractivity contribution in [3.05, 3.63) is 17.7 Å². The number of hydrogen-bond donors (Lipinski definition) is 0. The Hall–Kier alpha value is -0.895. The van der Waals surface area contributed by atoms with E-state index in [9.17, 15) is 0 Å². The molecule has 1 heterocycles. The van der Waals surface area contributed by atoms with Gasteiger partial charge in [0.2, 0.25) is 0 Å². The third-order valence-corrected chi connectivity index (χ3v) is 2.18. The minimum absolute atomic E-state index is 0.708.